The number of alkyl halides is 3. The molecule has 0 heterocycles. The molecular weight excluding hydrogens is 363 g/mol. The Morgan fingerprint density at radius 1 is 1.04 bits per heavy atom. The molecule has 0 atom stereocenters. The third-order valence-electron chi connectivity index (χ3n) is 3.45. The van der Waals surface area contributed by atoms with Crippen LogP contribution in [0.3, 0.4) is 0 Å². The molecule has 0 aliphatic carbocycles. The Kier molecular flexibility index (Phi) is 6.81. The lowest BCUT2D eigenvalue weighted by Crippen LogP contribution is -2.22. The molecule has 0 radical (unpaired) electrons. The number of carbonyl (C=O) groups excluding carboxylic acids is 2. The van der Waals surface area contributed by atoms with Crippen LogP contribution in [0.15, 0.2) is 48.5 Å². The van der Waals surface area contributed by atoms with Gasteiger partial charge in [-0.15, -0.1) is 0 Å². The van der Waals surface area contributed by atoms with Crippen LogP contribution in [0.25, 0.3) is 0 Å². The number of hydrogen-bond donors (Lipinski definition) is 1. The number of ether oxygens (including phenoxy) is 2. The zero-order chi connectivity index (χ0) is 19.9. The molecule has 0 fully saturated rings. The monoisotopic (exact) mass is 381 g/mol. The molecule has 0 aliphatic heterocycles. The maximum atomic E-state index is 12.5. The summed E-state index contributed by atoms with van der Waals surface area (Å²) in [4.78, 5) is 23.7. The first-order chi connectivity index (χ1) is 12.8. The summed E-state index contributed by atoms with van der Waals surface area (Å²) in [5.41, 5.74) is 0.00481. The van der Waals surface area contributed by atoms with Crippen LogP contribution in [0, 0.1) is 0 Å². The quantitative estimate of drug-likeness (QED) is 0.741. The van der Waals surface area contributed by atoms with Crippen molar-refractivity contribution in [1.82, 2.24) is 0 Å². The van der Waals surface area contributed by atoms with E-state index in [2.05, 4.69) is 5.32 Å². The summed E-state index contributed by atoms with van der Waals surface area (Å²) < 4.78 is 47.7. The van der Waals surface area contributed by atoms with Crippen LogP contribution in [0.2, 0.25) is 0 Å². The van der Waals surface area contributed by atoms with Gasteiger partial charge >= 0.3 is 12.1 Å². The fourth-order valence-corrected chi connectivity index (χ4v) is 2.21. The standard InChI is InChI=1S/C19H18F3NO4/c1-2-26-16-6-4-3-5-15(16)23-17(24)12-27-18(25)11-13-7-9-14(10-8-13)19(20,21)22/h3-10H,2,11-12H2,1H3,(H,23,24). The number of rotatable bonds is 7. The number of anilines is 1. The second kappa shape index (κ2) is 9.07. The molecule has 0 aromatic heterocycles. The molecule has 1 amide bonds. The van der Waals surface area contributed by atoms with Crippen LogP contribution >= 0.6 is 0 Å². The molecule has 5 nitrogen and oxygen atoms in total. The van der Waals surface area contributed by atoms with Crippen molar-refractivity contribution in [3.63, 3.8) is 0 Å². The topological polar surface area (TPSA) is 64.6 Å². The minimum Gasteiger partial charge on any atom is -0.492 e. The first-order valence-electron chi connectivity index (χ1n) is 8.13. The van der Waals surface area contributed by atoms with E-state index < -0.39 is 30.2 Å². The minimum atomic E-state index is -4.44. The average Bonchev–Trinajstić information content (AvgIpc) is 2.61. The third-order valence-corrected chi connectivity index (χ3v) is 3.45. The Bertz CT molecular complexity index is 788. The Morgan fingerprint density at radius 3 is 2.33 bits per heavy atom. The molecule has 0 aliphatic rings. The van der Waals surface area contributed by atoms with E-state index in [-0.39, 0.29) is 6.42 Å². The molecule has 27 heavy (non-hydrogen) atoms. The van der Waals surface area contributed by atoms with E-state index in [0.717, 1.165) is 12.1 Å². The summed E-state index contributed by atoms with van der Waals surface area (Å²) in [7, 11) is 0. The van der Waals surface area contributed by atoms with Crippen molar-refractivity contribution >= 4 is 17.6 Å². The predicted octanol–water partition coefficient (Wildman–Crippen LogP) is 3.83. The smallest absolute Gasteiger partial charge is 0.416 e. The van der Waals surface area contributed by atoms with Gasteiger partial charge in [-0.25, -0.2) is 0 Å². The van der Waals surface area contributed by atoms with E-state index >= 15 is 0 Å². The van der Waals surface area contributed by atoms with Crippen molar-refractivity contribution in [3.8, 4) is 5.75 Å². The Balaban J connectivity index is 1.84. The van der Waals surface area contributed by atoms with E-state index in [1.54, 1.807) is 24.3 Å². The van der Waals surface area contributed by atoms with Gasteiger partial charge in [-0.1, -0.05) is 24.3 Å². The second-order valence-corrected chi connectivity index (χ2v) is 5.51. The largest absolute Gasteiger partial charge is 0.492 e. The van der Waals surface area contributed by atoms with Crippen LogP contribution in [-0.2, 0) is 26.9 Å². The van der Waals surface area contributed by atoms with E-state index in [1.165, 1.54) is 12.1 Å². The van der Waals surface area contributed by atoms with Crippen LogP contribution in [0.5, 0.6) is 5.75 Å². The molecule has 8 heteroatoms. The number of hydrogen-bond acceptors (Lipinski definition) is 4. The lowest BCUT2D eigenvalue weighted by atomic mass is 10.1. The summed E-state index contributed by atoms with van der Waals surface area (Å²) in [6, 6.07) is 11.0. The van der Waals surface area contributed by atoms with Gasteiger partial charge in [0.25, 0.3) is 5.91 Å². The summed E-state index contributed by atoms with van der Waals surface area (Å²) in [5, 5.41) is 2.57. The van der Waals surface area contributed by atoms with Gasteiger partial charge < -0.3 is 14.8 Å². The van der Waals surface area contributed by atoms with Gasteiger partial charge in [-0.05, 0) is 36.8 Å². The molecule has 2 aromatic carbocycles. The predicted molar refractivity (Wildman–Crippen MR) is 92.3 cm³/mol. The van der Waals surface area contributed by atoms with Gasteiger partial charge in [-0.2, -0.15) is 13.2 Å². The molecular formula is C19H18F3NO4. The molecule has 0 saturated carbocycles. The van der Waals surface area contributed by atoms with Crippen molar-refractivity contribution in [3.05, 3.63) is 59.7 Å². The van der Waals surface area contributed by atoms with Gasteiger partial charge in [0.15, 0.2) is 6.61 Å². The highest BCUT2D eigenvalue weighted by molar-refractivity contribution is 5.94. The van der Waals surface area contributed by atoms with Gasteiger partial charge in [0.1, 0.15) is 5.75 Å². The lowest BCUT2D eigenvalue weighted by Gasteiger charge is -2.11. The second-order valence-electron chi connectivity index (χ2n) is 5.51. The van der Waals surface area contributed by atoms with Crippen molar-refractivity contribution in [2.75, 3.05) is 18.5 Å². The zero-order valence-corrected chi connectivity index (χ0v) is 14.5. The maximum absolute atomic E-state index is 12.5. The van der Waals surface area contributed by atoms with E-state index in [4.69, 9.17) is 9.47 Å². The molecule has 0 bridgehead atoms. The molecule has 2 aromatic rings. The van der Waals surface area contributed by atoms with Crippen LogP contribution in [-0.4, -0.2) is 25.1 Å². The van der Waals surface area contributed by atoms with Gasteiger partial charge in [-0.3, -0.25) is 9.59 Å². The number of benzene rings is 2. The minimum absolute atomic E-state index is 0.235. The average molecular weight is 381 g/mol. The number of amides is 1. The highest BCUT2D eigenvalue weighted by Gasteiger charge is 2.30. The van der Waals surface area contributed by atoms with Gasteiger partial charge in [0, 0.05) is 0 Å². The summed E-state index contributed by atoms with van der Waals surface area (Å²) in [5.74, 6) is -0.782. The van der Waals surface area contributed by atoms with Gasteiger partial charge in [0.2, 0.25) is 0 Å². The Hall–Kier alpha value is -3.03. The fraction of sp³-hybridized carbons (Fsp3) is 0.263. The Labute approximate surface area is 154 Å². The Morgan fingerprint density at radius 2 is 1.70 bits per heavy atom. The summed E-state index contributed by atoms with van der Waals surface area (Å²) >= 11 is 0. The van der Waals surface area contributed by atoms with Gasteiger partial charge in [0.05, 0.1) is 24.3 Å². The molecule has 0 unspecified atom stereocenters. The number of esters is 1. The summed E-state index contributed by atoms with van der Waals surface area (Å²) in [6.07, 6.45) is -4.67. The van der Waals surface area contributed by atoms with E-state index in [9.17, 15) is 22.8 Å². The van der Waals surface area contributed by atoms with E-state index in [0.29, 0.717) is 23.6 Å². The maximum Gasteiger partial charge on any atom is 0.416 e. The van der Waals surface area contributed by atoms with Crippen molar-refractivity contribution in [2.45, 2.75) is 19.5 Å². The number of nitrogens with one attached hydrogen (secondary N) is 1. The normalized spacial score (nSPS) is 11.0. The molecule has 2 rings (SSSR count). The zero-order valence-electron chi connectivity index (χ0n) is 14.5. The molecule has 144 valence electrons. The third kappa shape index (κ3) is 6.32. The fourth-order valence-electron chi connectivity index (χ4n) is 2.21. The SMILES string of the molecule is CCOc1ccccc1NC(=O)COC(=O)Cc1ccc(C(F)(F)F)cc1. The highest BCUT2D eigenvalue weighted by Crippen LogP contribution is 2.29. The number of para-hydroxylation sites is 2. The number of halogens is 3. The van der Waals surface area contributed by atoms with E-state index in [1.807, 2.05) is 6.92 Å². The van der Waals surface area contributed by atoms with Crippen molar-refractivity contribution in [2.24, 2.45) is 0 Å². The number of carbonyl (C=O) groups is 2. The summed E-state index contributed by atoms with van der Waals surface area (Å²) in [6.45, 7) is 1.72. The van der Waals surface area contributed by atoms with Crippen molar-refractivity contribution < 1.29 is 32.2 Å². The first kappa shape index (κ1) is 20.3. The van der Waals surface area contributed by atoms with Crippen LogP contribution < -0.4 is 10.1 Å². The highest BCUT2D eigenvalue weighted by atomic mass is 19.4. The molecule has 0 spiro atoms. The molecule has 0 saturated heterocycles. The van der Waals surface area contributed by atoms with Crippen LogP contribution in [0.1, 0.15) is 18.1 Å². The van der Waals surface area contributed by atoms with Crippen molar-refractivity contribution in [1.29, 1.82) is 0 Å². The molecule has 1 N–H and O–H groups in total. The lowest BCUT2D eigenvalue weighted by molar-refractivity contribution is -0.146. The first-order valence-corrected chi connectivity index (χ1v) is 8.13. The van der Waals surface area contributed by atoms with Crippen LogP contribution in [0.4, 0.5) is 18.9 Å².